The van der Waals surface area contributed by atoms with Crippen LogP contribution < -0.4 is 0 Å². The summed E-state index contributed by atoms with van der Waals surface area (Å²) in [7, 11) is 0. The molecule has 0 spiro atoms. The molecule has 21 heavy (non-hydrogen) atoms. The fraction of sp³-hybridized carbons (Fsp3) is 0.533. The van der Waals surface area contributed by atoms with E-state index < -0.39 is 17.6 Å². The molecule has 0 bridgehead atoms. The van der Waals surface area contributed by atoms with Crippen molar-refractivity contribution in [2.45, 2.75) is 44.8 Å². The van der Waals surface area contributed by atoms with Gasteiger partial charge < -0.3 is 4.90 Å². The molecule has 0 heterocycles. The van der Waals surface area contributed by atoms with Crippen LogP contribution in [0.5, 0.6) is 0 Å². The van der Waals surface area contributed by atoms with E-state index in [4.69, 9.17) is 0 Å². The van der Waals surface area contributed by atoms with E-state index in [0.29, 0.717) is 11.0 Å². The minimum absolute atomic E-state index is 0.105. The smallest absolute Gasteiger partial charge is 0.336 e. The molecule has 1 saturated carbocycles. The number of carbonyl (C=O) groups excluding carboxylic acids is 1. The van der Waals surface area contributed by atoms with Gasteiger partial charge in [-0.05, 0) is 37.5 Å². The summed E-state index contributed by atoms with van der Waals surface area (Å²) >= 11 is 3.03. The van der Waals surface area contributed by atoms with Crippen molar-refractivity contribution in [3.63, 3.8) is 0 Å². The first-order chi connectivity index (χ1) is 9.84. The van der Waals surface area contributed by atoms with E-state index in [1.807, 2.05) is 6.92 Å². The van der Waals surface area contributed by atoms with E-state index >= 15 is 0 Å². The monoisotopic (exact) mass is 363 g/mol. The molecule has 6 heteroatoms. The molecule has 0 unspecified atom stereocenters. The van der Waals surface area contributed by atoms with Crippen molar-refractivity contribution in [3.8, 4) is 0 Å². The standard InChI is InChI=1S/C15H17BrF3NO/c1-2-3-8-20(11-5-6-11)14(21)12-7-4-10(16)9-13(12)15(17,18)19/h4,7,9,11H,2-3,5-6,8H2,1H3. The number of amides is 1. The van der Waals surface area contributed by atoms with Crippen LogP contribution >= 0.6 is 15.9 Å². The fourth-order valence-corrected chi connectivity index (χ4v) is 2.62. The normalized spacial score (nSPS) is 15.1. The Bertz CT molecular complexity index is 526. The number of unbranched alkanes of at least 4 members (excludes halogenated alkanes) is 1. The number of rotatable bonds is 5. The SMILES string of the molecule is CCCCN(C(=O)c1ccc(Br)cc1C(F)(F)F)C1CC1. The lowest BCUT2D eigenvalue weighted by molar-refractivity contribution is -0.138. The predicted octanol–water partition coefficient (Wildman–Crippen LogP) is 4.87. The van der Waals surface area contributed by atoms with Gasteiger partial charge in [0.15, 0.2) is 0 Å². The molecule has 0 aromatic heterocycles. The van der Waals surface area contributed by atoms with Crippen molar-refractivity contribution >= 4 is 21.8 Å². The van der Waals surface area contributed by atoms with Crippen LogP contribution in [-0.2, 0) is 6.18 Å². The van der Waals surface area contributed by atoms with Gasteiger partial charge in [-0.1, -0.05) is 29.3 Å². The molecule has 0 atom stereocenters. The number of halogens is 4. The van der Waals surface area contributed by atoms with Gasteiger partial charge in [0.1, 0.15) is 0 Å². The van der Waals surface area contributed by atoms with Crippen molar-refractivity contribution in [3.05, 3.63) is 33.8 Å². The largest absolute Gasteiger partial charge is 0.417 e. The number of nitrogens with zero attached hydrogens (tertiary/aromatic N) is 1. The summed E-state index contributed by atoms with van der Waals surface area (Å²) < 4.78 is 39.7. The van der Waals surface area contributed by atoms with Crippen molar-refractivity contribution in [2.24, 2.45) is 0 Å². The third-order valence-corrected chi connectivity index (χ3v) is 4.01. The van der Waals surface area contributed by atoms with Gasteiger partial charge in [0.2, 0.25) is 0 Å². The Hall–Kier alpha value is -1.04. The molecule has 0 N–H and O–H groups in total. The minimum atomic E-state index is -4.53. The predicted molar refractivity (Wildman–Crippen MR) is 78.1 cm³/mol. The Labute approximate surface area is 130 Å². The Kier molecular flexibility index (Phi) is 4.96. The molecule has 1 aromatic rings. The van der Waals surface area contributed by atoms with Gasteiger partial charge >= 0.3 is 6.18 Å². The number of alkyl halides is 3. The fourth-order valence-electron chi connectivity index (χ4n) is 2.26. The number of hydrogen-bond acceptors (Lipinski definition) is 1. The van der Waals surface area contributed by atoms with Crippen LogP contribution in [0.3, 0.4) is 0 Å². The number of benzene rings is 1. The first-order valence-corrected chi connectivity index (χ1v) is 7.81. The zero-order valence-corrected chi connectivity index (χ0v) is 13.3. The highest BCUT2D eigenvalue weighted by molar-refractivity contribution is 9.10. The molecule has 1 aromatic carbocycles. The molecule has 0 radical (unpaired) electrons. The summed E-state index contributed by atoms with van der Waals surface area (Å²) in [5.41, 5.74) is -1.13. The average molecular weight is 364 g/mol. The summed E-state index contributed by atoms with van der Waals surface area (Å²) in [5.74, 6) is -0.509. The zero-order valence-electron chi connectivity index (χ0n) is 11.7. The van der Waals surface area contributed by atoms with Crippen LogP contribution in [0.25, 0.3) is 0 Å². The molecule has 0 saturated heterocycles. The van der Waals surface area contributed by atoms with Crippen molar-refractivity contribution in [1.82, 2.24) is 4.90 Å². The second kappa shape index (κ2) is 6.38. The Morgan fingerprint density at radius 2 is 2.05 bits per heavy atom. The average Bonchev–Trinajstić information content (AvgIpc) is 3.22. The molecule has 1 aliphatic rings. The van der Waals surface area contributed by atoms with Crippen molar-refractivity contribution < 1.29 is 18.0 Å². The maximum Gasteiger partial charge on any atom is 0.417 e. The van der Waals surface area contributed by atoms with Crippen LogP contribution in [-0.4, -0.2) is 23.4 Å². The van der Waals surface area contributed by atoms with Gasteiger partial charge in [-0.15, -0.1) is 0 Å². The van der Waals surface area contributed by atoms with E-state index in [1.54, 1.807) is 4.90 Å². The molecular weight excluding hydrogens is 347 g/mol. The number of carbonyl (C=O) groups is 1. The van der Waals surface area contributed by atoms with Crippen LogP contribution in [0.1, 0.15) is 48.5 Å². The second-order valence-corrected chi connectivity index (χ2v) is 6.19. The lowest BCUT2D eigenvalue weighted by Crippen LogP contribution is -2.35. The van der Waals surface area contributed by atoms with Gasteiger partial charge in [-0.2, -0.15) is 13.2 Å². The van der Waals surface area contributed by atoms with Crippen LogP contribution in [0.2, 0.25) is 0 Å². The van der Waals surface area contributed by atoms with E-state index in [-0.39, 0.29) is 11.6 Å². The second-order valence-electron chi connectivity index (χ2n) is 5.27. The topological polar surface area (TPSA) is 20.3 Å². The zero-order chi connectivity index (χ0) is 15.6. The van der Waals surface area contributed by atoms with Gasteiger partial charge in [-0.25, -0.2) is 0 Å². The molecule has 1 aliphatic carbocycles. The molecular formula is C15H17BrF3NO. The summed E-state index contributed by atoms with van der Waals surface area (Å²) in [6.07, 6.45) is -1.06. The summed E-state index contributed by atoms with van der Waals surface area (Å²) in [6.45, 7) is 2.52. The molecule has 116 valence electrons. The lowest BCUT2D eigenvalue weighted by atomic mass is 10.1. The van der Waals surface area contributed by atoms with E-state index in [2.05, 4.69) is 15.9 Å². The quantitative estimate of drug-likeness (QED) is 0.730. The third kappa shape index (κ3) is 3.99. The Morgan fingerprint density at radius 3 is 2.57 bits per heavy atom. The minimum Gasteiger partial charge on any atom is -0.336 e. The van der Waals surface area contributed by atoms with E-state index in [1.165, 1.54) is 12.1 Å². The van der Waals surface area contributed by atoms with E-state index in [9.17, 15) is 18.0 Å². The highest BCUT2D eigenvalue weighted by Gasteiger charge is 2.39. The highest BCUT2D eigenvalue weighted by Crippen LogP contribution is 2.36. The van der Waals surface area contributed by atoms with Gasteiger partial charge in [0.05, 0.1) is 11.1 Å². The summed E-state index contributed by atoms with van der Waals surface area (Å²) in [6, 6.07) is 3.82. The van der Waals surface area contributed by atoms with Gasteiger partial charge in [-0.3, -0.25) is 4.79 Å². The van der Waals surface area contributed by atoms with Crippen molar-refractivity contribution in [1.29, 1.82) is 0 Å². The van der Waals surface area contributed by atoms with Gasteiger partial charge in [0, 0.05) is 17.1 Å². The molecule has 0 aliphatic heterocycles. The summed E-state index contributed by atoms with van der Waals surface area (Å²) in [4.78, 5) is 14.1. The lowest BCUT2D eigenvalue weighted by Gasteiger charge is -2.24. The molecule has 2 rings (SSSR count). The maximum atomic E-state index is 13.1. The highest BCUT2D eigenvalue weighted by atomic mass is 79.9. The Morgan fingerprint density at radius 1 is 1.38 bits per heavy atom. The van der Waals surface area contributed by atoms with Crippen molar-refractivity contribution in [2.75, 3.05) is 6.54 Å². The summed E-state index contributed by atoms with van der Waals surface area (Å²) in [5, 5.41) is 0. The number of hydrogen-bond donors (Lipinski definition) is 0. The van der Waals surface area contributed by atoms with Gasteiger partial charge in [0.25, 0.3) is 5.91 Å². The van der Waals surface area contributed by atoms with Crippen LogP contribution in [0.4, 0.5) is 13.2 Å². The Balaban J connectivity index is 2.33. The molecule has 1 amide bonds. The first kappa shape index (κ1) is 16.3. The molecule has 1 fully saturated rings. The maximum absolute atomic E-state index is 13.1. The third-order valence-electron chi connectivity index (χ3n) is 3.52. The first-order valence-electron chi connectivity index (χ1n) is 7.02. The molecule has 2 nitrogen and oxygen atoms in total. The van der Waals surface area contributed by atoms with E-state index in [0.717, 1.165) is 31.7 Å². The van der Waals surface area contributed by atoms with Crippen LogP contribution in [0.15, 0.2) is 22.7 Å². The van der Waals surface area contributed by atoms with Crippen LogP contribution in [0, 0.1) is 0 Å².